The molecule has 1 aromatic carbocycles. The molecule has 0 saturated heterocycles. The van der Waals surface area contributed by atoms with Gasteiger partial charge in [-0.2, -0.15) is 4.98 Å². The van der Waals surface area contributed by atoms with E-state index in [1.165, 1.54) is 0 Å². The second kappa shape index (κ2) is 9.68. The fourth-order valence-electron chi connectivity index (χ4n) is 2.33. The third-order valence-electron chi connectivity index (χ3n) is 3.70. The largest absolute Gasteiger partial charge is 0.493 e. The van der Waals surface area contributed by atoms with E-state index < -0.39 is 0 Å². The van der Waals surface area contributed by atoms with Crippen LogP contribution >= 0.6 is 0 Å². The van der Waals surface area contributed by atoms with Crippen molar-refractivity contribution in [3.05, 3.63) is 30.5 Å². The fraction of sp³-hybridized carbons (Fsp3) is 0.444. The Bertz CT molecular complexity index is 667. The maximum Gasteiger partial charge on any atom is 0.229 e. The zero-order valence-electron chi connectivity index (χ0n) is 15.2. The minimum Gasteiger partial charge on any atom is -0.493 e. The van der Waals surface area contributed by atoms with Crippen molar-refractivity contribution < 1.29 is 14.2 Å². The minimum atomic E-state index is 0.0574. The van der Waals surface area contributed by atoms with E-state index in [1.807, 2.05) is 25.2 Å². The molecule has 0 amide bonds. The van der Waals surface area contributed by atoms with Gasteiger partial charge in [0.25, 0.3) is 0 Å². The molecule has 0 radical (unpaired) electrons. The summed E-state index contributed by atoms with van der Waals surface area (Å²) in [7, 11) is 5.13. The standard InChI is InChI=1S/C18H26N4O3/c1-5-6-14(23-3)12-25-16-11-13(7-8-15(16)24-4)21-18-20-10-9-17(19-2)22-18/h7-11,14H,5-6,12H2,1-4H3,(H2,19,20,21,22)/t14-/m1/s1. The molecular formula is C18H26N4O3. The van der Waals surface area contributed by atoms with E-state index >= 15 is 0 Å². The van der Waals surface area contributed by atoms with Crippen molar-refractivity contribution in [3.63, 3.8) is 0 Å². The van der Waals surface area contributed by atoms with Crippen LogP contribution in [0.15, 0.2) is 30.5 Å². The Hall–Kier alpha value is -2.54. The van der Waals surface area contributed by atoms with Crippen LogP contribution in [0.1, 0.15) is 19.8 Å². The third-order valence-corrected chi connectivity index (χ3v) is 3.70. The predicted octanol–water partition coefficient (Wildman–Crippen LogP) is 3.46. The summed E-state index contributed by atoms with van der Waals surface area (Å²) < 4.78 is 16.7. The number of nitrogens with one attached hydrogen (secondary N) is 2. The highest BCUT2D eigenvalue weighted by Gasteiger charge is 2.11. The van der Waals surface area contributed by atoms with Gasteiger partial charge in [0.2, 0.25) is 5.95 Å². The molecular weight excluding hydrogens is 320 g/mol. The summed E-state index contributed by atoms with van der Waals surface area (Å²) in [6.45, 7) is 2.59. The Kier molecular flexibility index (Phi) is 7.28. The molecule has 7 heteroatoms. The Morgan fingerprint density at radius 3 is 2.68 bits per heavy atom. The van der Waals surface area contributed by atoms with Crippen LogP contribution in [-0.2, 0) is 4.74 Å². The Labute approximate surface area is 148 Å². The SMILES string of the molecule is CCC[C@H](COc1cc(Nc2nccc(NC)n2)ccc1OC)OC. The van der Waals surface area contributed by atoms with Crippen LogP contribution in [0.3, 0.4) is 0 Å². The van der Waals surface area contributed by atoms with Gasteiger partial charge in [0, 0.05) is 32.1 Å². The lowest BCUT2D eigenvalue weighted by Gasteiger charge is -2.17. The van der Waals surface area contributed by atoms with Crippen molar-refractivity contribution in [1.82, 2.24) is 9.97 Å². The highest BCUT2D eigenvalue weighted by Crippen LogP contribution is 2.31. The summed E-state index contributed by atoms with van der Waals surface area (Å²) in [6.07, 6.45) is 3.74. The van der Waals surface area contributed by atoms with Crippen LogP contribution in [-0.4, -0.2) is 43.9 Å². The predicted molar refractivity (Wildman–Crippen MR) is 99.1 cm³/mol. The molecule has 0 spiro atoms. The molecule has 0 unspecified atom stereocenters. The Morgan fingerprint density at radius 1 is 1.16 bits per heavy atom. The Balaban J connectivity index is 2.12. The fourth-order valence-corrected chi connectivity index (χ4v) is 2.33. The minimum absolute atomic E-state index is 0.0574. The van der Waals surface area contributed by atoms with Crippen molar-refractivity contribution in [2.75, 3.05) is 38.5 Å². The lowest BCUT2D eigenvalue weighted by molar-refractivity contribution is 0.0507. The van der Waals surface area contributed by atoms with Gasteiger partial charge in [-0.15, -0.1) is 0 Å². The van der Waals surface area contributed by atoms with Crippen LogP contribution in [0, 0.1) is 0 Å². The van der Waals surface area contributed by atoms with Crippen LogP contribution < -0.4 is 20.1 Å². The second-order valence-electron chi connectivity index (χ2n) is 5.46. The maximum absolute atomic E-state index is 5.91. The van der Waals surface area contributed by atoms with Gasteiger partial charge >= 0.3 is 0 Å². The monoisotopic (exact) mass is 346 g/mol. The first kappa shape index (κ1) is 18.8. The summed E-state index contributed by atoms with van der Waals surface area (Å²) in [5.41, 5.74) is 0.813. The molecule has 1 atom stereocenters. The number of nitrogens with zero attached hydrogens (tertiary/aromatic N) is 2. The molecule has 0 aliphatic carbocycles. The molecule has 25 heavy (non-hydrogen) atoms. The van der Waals surface area contributed by atoms with Crippen molar-refractivity contribution in [3.8, 4) is 11.5 Å². The van der Waals surface area contributed by atoms with Crippen LogP contribution in [0.25, 0.3) is 0 Å². The summed E-state index contributed by atoms with van der Waals surface area (Å²) >= 11 is 0. The number of benzene rings is 1. The van der Waals surface area contributed by atoms with E-state index in [4.69, 9.17) is 14.2 Å². The first-order chi connectivity index (χ1) is 12.2. The van der Waals surface area contributed by atoms with Gasteiger partial charge in [0.05, 0.1) is 13.2 Å². The molecule has 0 aliphatic heterocycles. The van der Waals surface area contributed by atoms with Crippen LogP contribution in [0.5, 0.6) is 11.5 Å². The van der Waals surface area contributed by atoms with Gasteiger partial charge in [-0.3, -0.25) is 0 Å². The molecule has 2 rings (SSSR count). The lowest BCUT2D eigenvalue weighted by atomic mass is 10.2. The summed E-state index contributed by atoms with van der Waals surface area (Å²) in [5, 5.41) is 6.15. The average Bonchev–Trinajstić information content (AvgIpc) is 2.65. The van der Waals surface area contributed by atoms with E-state index in [0.29, 0.717) is 24.1 Å². The first-order valence-electron chi connectivity index (χ1n) is 8.31. The normalized spacial score (nSPS) is 11.7. The highest BCUT2D eigenvalue weighted by molar-refractivity contribution is 5.60. The maximum atomic E-state index is 5.91. The number of ether oxygens (including phenoxy) is 3. The van der Waals surface area contributed by atoms with Crippen molar-refractivity contribution in [1.29, 1.82) is 0 Å². The Morgan fingerprint density at radius 2 is 2.00 bits per heavy atom. The van der Waals surface area contributed by atoms with Gasteiger partial charge in [-0.05, 0) is 24.6 Å². The van der Waals surface area contributed by atoms with Gasteiger partial charge in [0.15, 0.2) is 11.5 Å². The summed E-state index contributed by atoms with van der Waals surface area (Å²) in [4.78, 5) is 8.56. The molecule has 1 aromatic heterocycles. The van der Waals surface area contributed by atoms with Crippen molar-refractivity contribution in [2.45, 2.75) is 25.9 Å². The topological polar surface area (TPSA) is 77.5 Å². The third kappa shape index (κ3) is 5.49. The number of aromatic nitrogens is 2. The molecule has 1 heterocycles. The van der Waals surface area contributed by atoms with Gasteiger partial charge in [0.1, 0.15) is 12.4 Å². The molecule has 2 N–H and O–H groups in total. The number of hydrogen-bond donors (Lipinski definition) is 2. The zero-order valence-corrected chi connectivity index (χ0v) is 15.2. The van der Waals surface area contributed by atoms with Crippen molar-refractivity contribution >= 4 is 17.5 Å². The van der Waals surface area contributed by atoms with E-state index in [1.54, 1.807) is 26.5 Å². The van der Waals surface area contributed by atoms with E-state index in [2.05, 4.69) is 27.5 Å². The summed E-state index contributed by atoms with van der Waals surface area (Å²) in [6, 6.07) is 7.40. The number of hydrogen-bond acceptors (Lipinski definition) is 7. The van der Waals surface area contributed by atoms with Crippen molar-refractivity contribution in [2.24, 2.45) is 0 Å². The average molecular weight is 346 g/mol. The molecule has 0 bridgehead atoms. The van der Waals surface area contributed by atoms with E-state index in [-0.39, 0.29) is 6.10 Å². The number of rotatable bonds is 10. The molecule has 0 aliphatic rings. The lowest BCUT2D eigenvalue weighted by Crippen LogP contribution is -2.20. The van der Waals surface area contributed by atoms with E-state index in [0.717, 1.165) is 24.3 Å². The molecule has 0 saturated carbocycles. The smallest absolute Gasteiger partial charge is 0.229 e. The molecule has 2 aromatic rings. The van der Waals surface area contributed by atoms with Gasteiger partial charge in [-0.25, -0.2) is 4.98 Å². The molecule has 7 nitrogen and oxygen atoms in total. The quantitative estimate of drug-likeness (QED) is 0.682. The first-order valence-corrected chi connectivity index (χ1v) is 8.31. The number of anilines is 3. The van der Waals surface area contributed by atoms with Gasteiger partial charge < -0.3 is 24.8 Å². The highest BCUT2D eigenvalue weighted by atomic mass is 16.5. The van der Waals surface area contributed by atoms with Crippen LogP contribution in [0.4, 0.5) is 17.5 Å². The second-order valence-corrected chi connectivity index (χ2v) is 5.46. The van der Waals surface area contributed by atoms with Crippen LogP contribution in [0.2, 0.25) is 0 Å². The van der Waals surface area contributed by atoms with Gasteiger partial charge in [-0.1, -0.05) is 13.3 Å². The molecule has 136 valence electrons. The summed E-state index contributed by atoms with van der Waals surface area (Å²) in [5.74, 6) is 2.56. The number of methoxy groups -OCH3 is 2. The van der Waals surface area contributed by atoms with E-state index in [9.17, 15) is 0 Å². The zero-order chi connectivity index (χ0) is 18.1. The molecule has 0 fully saturated rings.